The molecule has 212 valence electrons. The van der Waals surface area contributed by atoms with Crippen LogP contribution in [0.3, 0.4) is 0 Å². The summed E-state index contributed by atoms with van der Waals surface area (Å²) in [4.78, 5) is 21.2. The number of unbranched alkanes of at least 4 members (excludes halogenated alkanes) is 2. The number of hydrogen-bond acceptors (Lipinski definition) is 4. The minimum atomic E-state index is -0.470. The Hall–Kier alpha value is -2.82. The van der Waals surface area contributed by atoms with E-state index in [0.717, 1.165) is 48.4 Å². The maximum absolute atomic E-state index is 13.7. The highest BCUT2D eigenvalue weighted by atomic mass is 16.5. The Morgan fingerprint density at radius 2 is 1.67 bits per heavy atom. The molecule has 2 aromatic carbocycles. The van der Waals surface area contributed by atoms with Crippen LogP contribution in [0.15, 0.2) is 48.5 Å². The summed E-state index contributed by atoms with van der Waals surface area (Å²) in [5.41, 5.74) is 4.13. The number of nitrogens with zero attached hydrogens (tertiary/aromatic N) is 3. The number of benzene rings is 2. The number of aromatic nitrogens is 2. The first kappa shape index (κ1) is 29.2. The first-order chi connectivity index (χ1) is 18.8. The van der Waals surface area contributed by atoms with Crippen molar-refractivity contribution in [2.24, 2.45) is 17.8 Å². The molecule has 2 unspecified atom stereocenters. The maximum Gasteiger partial charge on any atom is 0.329 e. The highest BCUT2D eigenvalue weighted by molar-refractivity contribution is 5.85. The van der Waals surface area contributed by atoms with Crippen molar-refractivity contribution in [2.75, 3.05) is 18.0 Å². The van der Waals surface area contributed by atoms with Crippen molar-refractivity contribution in [1.29, 1.82) is 0 Å². The summed E-state index contributed by atoms with van der Waals surface area (Å²) in [6.07, 6.45) is 8.05. The number of fused-ring (bicyclic) bond motifs is 1. The van der Waals surface area contributed by atoms with Gasteiger partial charge in [-0.25, -0.2) is 9.78 Å². The molecule has 4 atom stereocenters. The first-order valence-electron chi connectivity index (χ1n) is 15.4. The second kappa shape index (κ2) is 13.5. The largest absolute Gasteiger partial charge is 0.461 e. The molecule has 0 aliphatic heterocycles. The fourth-order valence-corrected chi connectivity index (χ4v) is 6.13. The third-order valence-corrected chi connectivity index (χ3v) is 8.61. The molecule has 1 heterocycles. The molecule has 1 saturated carbocycles. The summed E-state index contributed by atoms with van der Waals surface area (Å²) >= 11 is 0. The lowest BCUT2D eigenvalue weighted by Gasteiger charge is -2.37. The van der Waals surface area contributed by atoms with Crippen LogP contribution >= 0.6 is 0 Å². The number of anilines is 1. The van der Waals surface area contributed by atoms with E-state index < -0.39 is 6.04 Å². The molecule has 1 aromatic heterocycles. The topological polar surface area (TPSA) is 47.4 Å². The second-order valence-corrected chi connectivity index (χ2v) is 12.0. The van der Waals surface area contributed by atoms with Gasteiger partial charge in [0.15, 0.2) is 0 Å². The van der Waals surface area contributed by atoms with Gasteiger partial charge in [0.2, 0.25) is 0 Å². The normalized spacial score (nSPS) is 20.3. The van der Waals surface area contributed by atoms with E-state index in [0.29, 0.717) is 17.8 Å². The molecule has 1 aliphatic carbocycles. The van der Waals surface area contributed by atoms with Crippen molar-refractivity contribution < 1.29 is 9.53 Å². The number of esters is 1. The van der Waals surface area contributed by atoms with Gasteiger partial charge in [-0.15, -0.1) is 0 Å². The van der Waals surface area contributed by atoms with Crippen molar-refractivity contribution in [3.63, 3.8) is 0 Å². The van der Waals surface area contributed by atoms with Crippen LogP contribution in [-0.4, -0.2) is 34.7 Å². The van der Waals surface area contributed by atoms with Crippen LogP contribution in [0.25, 0.3) is 22.4 Å². The molecule has 5 heteroatoms. The molecular formula is C34H49N3O2. The highest BCUT2D eigenvalue weighted by Crippen LogP contribution is 2.37. The van der Waals surface area contributed by atoms with Crippen molar-refractivity contribution >= 4 is 22.7 Å². The molecule has 0 N–H and O–H groups in total. The lowest BCUT2D eigenvalue weighted by atomic mass is 9.75. The number of rotatable bonds is 12. The van der Waals surface area contributed by atoms with Gasteiger partial charge in [0.1, 0.15) is 18.0 Å². The van der Waals surface area contributed by atoms with Gasteiger partial charge in [0, 0.05) is 24.3 Å². The summed E-state index contributed by atoms with van der Waals surface area (Å²) in [5, 5.41) is 0. The van der Waals surface area contributed by atoms with Crippen LogP contribution in [0, 0.1) is 17.8 Å². The van der Waals surface area contributed by atoms with E-state index in [1.807, 2.05) is 25.1 Å². The molecule has 0 amide bonds. The monoisotopic (exact) mass is 531 g/mol. The maximum atomic E-state index is 13.7. The summed E-state index contributed by atoms with van der Waals surface area (Å²) in [6, 6.07) is 16.4. The quantitative estimate of drug-likeness (QED) is 0.219. The lowest BCUT2D eigenvalue weighted by Crippen LogP contribution is -2.37. The Balaban J connectivity index is 1.63. The van der Waals surface area contributed by atoms with Crippen LogP contribution in [-0.2, 0) is 9.53 Å². The zero-order valence-corrected chi connectivity index (χ0v) is 25.0. The van der Waals surface area contributed by atoms with Crippen molar-refractivity contribution in [3.05, 3.63) is 48.5 Å². The van der Waals surface area contributed by atoms with Gasteiger partial charge in [-0.2, -0.15) is 0 Å². The average molecular weight is 532 g/mol. The Morgan fingerprint density at radius 3 is 2.31 bits per heavy atom. The van der Waals surface area contributed by atoms with Crippen LogP contribution in [0.2, 0.25) is 0 Å². The molecular weight excluding hydrogens is 482 g/mol. The van der Waals surface area contributed by atoms with Crippen LogP contribution in [0.1, 0.15) is 92.5 Å². The molecule has 5 nitrogen and oxygen atoms in total. The van der Waals surface area contributed by atoms with E-state index in [1.54, 1.807) is 0 Å². The van der Waals surface area contributed by atoms with Crippen molar-refractivity contribution in [3.8, 4) is 11.4 Å². The van der Waals surface area contributed by atoms with Crippen molar-refractivity contribution in [2.45, 2.75) is 98.6 Å². The van der Waals surface area contributed by atoms with Gasteiger partial charge in [-0.3, -0.25) is 0 Å². The van der Waals surface area contributed by atoms with Gasteiger partial charge in [0.25, 0.3) is 0 Å². The first-order valence-corrected chi connectivity index (χ1v) is 15.4. The third kappa shape index (κ3) is 6.85. The van der Waals surface area contributed by atoms with E-state index in [2.05, 4.69) is 74.4 Å². The number of ether oxygens (including phenoxy) is 1. The lowest BCUT2D eigenvalue weighted by molar-refractivity contribution is -0.159. The average Bonchev–Trinajstić information content (AvgIpc) is 3.32. The van der Waals surface area contributed by atoms with Crippen LogP contribution in [0.5, 0.6) is 0 Å². The molecule has 0 spiro atoms. The van der Waals surface area contributed by atoms with E-state index in [9.17, 15) is 4.79 Å². The zero-order valence-electron chi connectivity index (χ0n) is 25.0. The highest BCUT2D eigenvalue weighted by Gasteiger charge is 2.35. The number of para-hydroxylation sites is 2. The van der Waals surface area contributed by atoms with E-state index >= 15 is 0 Å². The summed E-state index contributed by atoms with van der Waals surface area (Å²) in [6.45, 7) is 15.4. The fraction of sp³-hybridized carbons (Fsp3) is 0.588. The molecule has 4 rings (SSSR count). The second-order valence-electron chi connectivity index (χ2n) is 12.0. The summed E-state index contributed by atoms with van der Waals surface area (Å²) in [7, 11) is 0. The standard InChI is InChI=1S/C34H49N3O2/c1-7-9-21-36(22-10-8-2)28-18-16-27(17-19-28)33-35-30-13-11-12-14-31(30)37(33)26(6)34(38)39-32-23-25(5)15-20-29(32)24(3)4/h11-14,16-19,24-26,29,32H,7-10,15,20-23H2,1-6H3/t25-,26?,29?,32-/m1/s1. The van der Waals surface area contributed by atoms with Crippen LogP contribution < -0.4 is 4.90 Å². The molecule has 39 heavy (non-hydrogen) atoms. The fourth-order valence-electron chi connectivity index (χ4n) is 6.13. The van der Waals surface area contributed by atoms with Gasteiger partial charge >= 0.3 is 5.97 Å². The molecule has 0 saturated heterocycles. The van der Waals surface area contributed by atoms with E-state index in [4.69, 9.17) is 9.72 Å². The smallest absolute Gasteiger partial charge is 0.329 e. The SMILES string of the molecule is CCCCN(CCCC)c1ccc(-c2nc3ccccc3n2C(C)C(=O)O[C@@H]2C[C@H](C)CCC2C(C)C)cc1. The summed E-state index contributed by atoms with van der Waals surface area (Å²) < 4.78 is 8.37. The predicted molar refractivity (Wildman–Crippen MR) is 163 cm³/mol. The van der Waals surface area contributed by atoms with Gasteiger partial charge < -0.3 is 14.2 Å². The Bertz CT molecular complexity index is 1190. The van der Waals surface area contributed by atoms with Gasteiger partial charge in [-0.1, -0.05) is 66.0 Å². The Labute approximate surface area is 236 Å². The zero-order chi connectivity index (χ0) is 27.9. The molecule has 0 radical (unpaired) electrons. The third-order valence-electron chi connectivity index (χ3n) is 8.61. The van der Waals surface area contributed by atoms with Crippen LogP contribution in [0.4, 0.5) is 5.69 Å². The number of carbonyl (C=O) groups is 1. The minimum Gasteiger partial charge on any atom is -0.461 e. The number of carbonyl (C=O) groups excluding carboxylic acids is 1. The predicted octanol–water partition coefficient (Wildman–Crippen LogP) is 8.67. The van der Waals surface area contributed by atoms with E-state index in [1.165, 1.54) is 37.8 Å². The number of imidazole rings is 1. The minimum absolute atomic E-state index is 0.0153. The summed E-state index contributed by atoms with van der Waals surface area (Å²) in [5.74, 6) is 2.17. The molecule has 0 bridgehead atoms. The van der Waals surface area contributed by atoms with Crippen molar-refractivity contribution in [1.82, 2.24) is 9.55 Å². The number of hydrogen-bond donors (Lipinski definition) is 0. The molecule has 1 aliphatic rings. The van der Waals surface area contributed by atoms with Gasteiger partial charge in [0.05, 0.1) is 11.0 Å². The molecule has 3 aromatic rings. The molecule has 1 fully saturated rings. The Kier molecular flexibility index (Phi) is 10.1. The van der Waals surface area contributed by atoms with Gasteiger partial charge in [-0.05, 0) is 86.8 Å². The Morgan fingerprint density at radius 1 is 1.00 bits per heavy atom. The van der Waals surface area contributed by atoms with E-state index in [-0.39, 0.29) is 12.1 Å².